The van der Waals surface area contributed by atoms with Crippen LogP contribution in [-0.4, -0.2) is 69.8 Å². The van der Waals surface area contributed by atoms with Gasteiger partial charge in [0.15, 0.2) is 22.9 Å². The molecule has 0 aliphatic carbocycles. The number of halogens is 7. The maximum atomic E-state index is 14.2. The van der Waals surface area contributed by atoms with Gasteiger partial charge in [0.2, 0.25) is 0 Å². The van der Waals surface area contributed by atoms with Gasteiger partial charge in [-0.3, -0.25) is 9.47 Å². The van der Waals surface area contributed by atoms with Crippen LogP contribution in [0.2, 0.25) is 5.02 Å². The molecule has 3 aliphatic rings. The van der Waals surface area contributed by atoms with E-state index in [4.69, 9.17) is 21.1 Å². The number of hydrogen-bond acceptors (Lipinski definition) is 7. The van der Waals surface area contributed by atoms with E-state index >= 15 is 0 Å². The van der Waals surface area contributed by atoms with E-state index in [0.717, 1.165) is 6.07 Å². The van der Waals surface area contributed by atoms with Gasteiger partial charge in [0.25, 0.3) is 0 Å². The Morgan fingerprint density at radius 2 is 1.73 bits per heavy atom. The predicted molar refractivity (Wildman–Crippen MR) is 135 cm³/mol. The van der Waals surface area contributed by atoms with E-state index in [1.165, 1.54) is 18.1 Å². The van der Waals surface area contributed by atoms with Gasteiger partial charge in [0, 0.05) is 30.6 Å². The molecule has 0 saturated carbocycles. The molecule has 2 fully saturated rings. The largest absolute Gasteiger partial charge is 0.493 e. The van der Waals surface area contributed by atoms with E-state index < -0.39 is 36.8 Å². The molecule has 0 spiro atoms. The molecule has 0 amide bonds. The number of aromatic nitrogens is 4. The Labute approximate surface area is 235 Å². The predicted octanol–water partition coefficient (Wildman–Crippen LogP) is 5.37. The van der Waals surface area contributed by atoms with Crippen molar-refractivity contribution in [1.82, 2.24) is 24.6 Å². The van der Waals surface area contributed by atoms with E-state index in [1.807, 2.05) is 0 Å². The summed E-state index contributed by atoms with van der Waals surface area (Å²) >= 11 is 6.26. The number of piperidine rings is 1. The molecule has 220 valence electrons. The Balaban J connectivity index is 1.31. The second kappa shape index (κ2) is 10.0. The Kier molecular flexibility index (Phi) is 6.85. The van der Waals surface area contributed by atoms with E-state index in [9.17, 15) is 26.3 Å². The van der Waals surface area contributed by atoms with Gasteiger partial charge in [0.05, 0.1) is 32.6 Å². The number of alkyl halides is 6. The summed E-state index contributed by atoms with van der Waals surface area (Å²) in [5, 5.41) is 9.13. The summed E-state index contributed by atoms with van der Waals surface area (Å²) in [5.41, 5.74) is -1.90. The highest BCUT2D eigenvalue weighted by Gasteiger charge is 2.64. The van der Waals surface area contributed by atoms with Crippen LogP contribution in [0.4, 0.5) is 32.2 Å². The standard InChI is InChI=1S/C26H25ClF6N6O2/c1-40-19-4-5-20(25(28,29)30)34-23(19)37-8-6-15(7-9-37)22-36-35-21-12-38(24(13-41-14-24)26(31,32)33)11-16-10-17(27)2-3-18(16)39(21)22/h2-5,10,15H,6-9,11-14H2,1H3. The number of hydrogen-bond donors (Lipinski definition) is 0. The highest BCUT2D eigenvalue weighted by atomic mass is 35.5. The fraction of sp³-hybridized carbons (Fsp3) is 0.500. The van der Waals surface area contributed by atoms with Crippen molar-refractivity contribution in [2.24, 2.45) is 0 Å². The fourth-order valence-corrected chi connectivity index (χ4v) is 5.94. The van der Waals surface area contributed by atoms with Crippen LogP contribution in [0.15, 0.2) is 30.3 Å². The third kappa shape index (κ3) is 4.79. The topological polar surface area (TPSA) is 68.5 Å². The molecule has 6 rings (SSSR count). The van der Waals surface area contributed by atoms with Crippen molar-refractivity contribution in [3.05, 3.63) is 58.3 Å². The van der Waals surface area contributed by atoms with Crippen LogP contribution >= 0.6 is 11.6 Å². The molecule has 15 heteroatoms. The summed E-state index contributed by atoms with van der Waals surface area (Å²) in [7, 11) is 1.37. The van der Waals surface area contributed by atoms with Gasteiger partial charge in [-0.25, -0.2) is 4.98 Å². The summed E-state index contributed by atoms with van der Waals surface area (Å²) in [6, 6.07) is 7.21. The smallest absolute Gasteiger partial charge is 0.433 e. The van der Waals surface area contributed by atoms with E-state index in [2.05, 4.69) is 15.2 Å². The number of benzene rings is 1. The second-order valence-electron chi connectivity index (χ2n) is 10.4. The Bertz CT molecular complexity index is 1450. The van der Waals surface area contributed by atoms with Gasteiger partial charge >= 0.3 is 12.4 Å². The monoisotopic (exact) mass is 602 g/mol. The zero-order valence-corrected chi connectivity index (χ0v) is 22.5. The lowest BCUT2D eigenvalue weighted by Gasteiger charge is -2.49. The van der Waals surface area contributed by atoms with Crippen LogP contribution in [0, 0.1) is 0 Å². The number of methoxy groups -OCH3 is 1. The van der Waals surface area contributed by atoms with E-state index in [1.54, 1.807) is 27.7 Å². The zero-order valence-electron chi connectivity index (χ0n) is 21.8. The van der Waals surface area contributed by atoms with Crippen molar-refractivity contribution in [3.8, 4) is 11.4 Å². The number of ether oxygens (including phenoxy) is 2. The highest BCUT2D eigenvalue weighted by molar-refractivity contribution is 6.30. The van der Waals surface area contributed by atoms with Crippen molar-refractivity contribution >= 4 is 17.4 Å². The van der Waals surface area contributed by atoms with Crippen molar-refractivity contribution in [1.29, 1.82) is 0 Å². The summed E-state index contributed by atoms with van der Waals surface area (Å²) < 4.78 is 94.9. The first-order valence-corrected chi connectivity index (χ1v) is 13.3. The molecule has 2 aromatic heterocycles. The molecular formula is C26H25ClF6N6O2. The van der Waals surface area contributed by atoms with Crippen molar-refractivity contribution < 1.29 is 35.8 Å². The minimum atomic E-state index is -4.60. The highest BCUT2D eigenvalue weighted by Crippen LogP contribution is 2.45. The molecule has 3 aliphatic heterocycles. The summed E-state index contributed by atoms with van der Waals surface area (Å²) in [5.74, 6) is 1.14. The molecule has 1 aromatic carbocycles. The molecule has 8 nitrogen and oxygen atoms in total. The van der Waals surface area contributed by atoms with Crippen LogP contribution < -0.4 is 9.64 Å². The SMILES string of the molecule is COc1ccc(C(F)(F)F)nc1N1CCC(c2nnc3n2-c2ccc(Cl)cc2CN(C2(C(F)(F)F)COC2)C3)CC1. The summed E-state index contributed by atoms with van der Waals surface area (Å²) in [4.78, 5) is 6.90. The molecular weight excluding hydrogens is 578 g/mol. The number of rotatable bonds is 4. The van der Waals surface area contributed by atoms with E-state index in [0.29, 0.717) is 53.9 Å². The molecule has 0 bridgehead atoms. The van der Waals surface area contributed by atoms with Crippen molar-refractivity contribution in [3.63, 3.8) is 0 Å². The average Bonchev–Trinajstić information content (AvgIpc) is 3.22. The molecule has 5 heterocycles. The Hall–Kier alpha value is -3.10. The van der Waals surface area contributed by atoms with E-state index in [-0.39, 0.29) is 30.6 Å². The average molecular weight is 603 g/mol. The lowest BCUT2D eigenvalue weighted by molar-refractivity contribution is -0.310. The lowest BCUT2D eigenvalue weighted by Crippen LogP contribution is -2.69. The molecule has 0 unspecified atom stereocenters. The van der Waals surface area contributed by atoms with Gasteiger partial charge < -0.3 is 14.4 Å². The maximum absolute atomic E-state index is 14.2. The Morgan fingerprint density at radius 3 is 2.34 bits per heavy atom. The second-order valence-corrected chi connectivity index (χ2v) is 10.9. The number of fused-ring (bicyclic) bond motifs is 3. The Morgan fingerprint density at radius 1 is 1.00 bits per heavy atom. The number of pyridine rings is 1. The van der Waals surface area contributed by atoms with Gasteiger partial charge in [-0.2, -0.15) is 26.3 Å². The third-order valence-electron chi connectivity index (χ3n) is 8.06. The minimum absolute atomic E-state index is 0.0129. The number of anilines is 1. The molecule has 0 radical (unpaired) electrons. The van der Waals surface area contributed by atoms with Crippen LogP contribution in [0.25, 0.3) is 5.69 Å². The first-order valence-electron chi connectivity index (χ1n) is 12.9. The maximum Gasteiger partial charge on any atom is 0.433 e. The molecule has 0 atom stereocenters. The normalized spacial score (nSPS) is 19.8. The summed E-state index contributed by atoms with van der Waals surface area (Å²) in [6.07, 6.45) is -8.11. The van der Waals surface area contributed by atoms with Crippen LogP contribution in [0.5, 0.6) is 5.75 Å². The van der Waals surface area contributed by atoms with Crippen LogP contribution in [0.3, 0.4) is 0 Å². The van der Waals surface area contributed by atoms with Gasteiger partial charge in [-0.15, -0.1) is 10.2 Å². The van der Waals surface area contributed by atoms with Gasteiger partial charge in [0.1, 0.15) is 11.5 Å². The van der Waals surface area contributed by atoms with Crippen molar-refractivity contribution in [2.45, 2.75) is 49.7 Å². The van der Waals surface area contributed by atoms with Crippen LogP contribution in [0.1, 0.15) is 41.7 Å². The summed E-state index contributed by atoms with van der Waals surface area (Å²) in [6.45, 7) is -0.331. The zero-order chi connectivity index (χ0) is 29.2. The first kappa shape index (κ1) is 28.0. The molecule has 3 aromatic rings. The number of nitrogens with zero attached hydrogens (tertiary/aromatic N) is 6. The first-order chi connectivity index (χ1) is 19.4. The van der Waals surface area contributed by atoms with Gasteiger partial charge in [-0.1, -0.05) is 11.6 Å². The minimum Gasteiger partial charge on any atom is -0.493 e. The molecule has 41 heavy (non-hydrogen) atoms. The fourth-order valence-electron chi connectivity index (χ4n) is 5.74. The van der Waals surface area contributed by atoms with Crippen LogP contribution in [-0.2, 0) is 24.0 Å². The van der Waals surface area contributed by atoms with Gasteiger partial charge in [-0.05, 0) is 48.7 Å². The quantitative estimate of drug-likeness (QED) is 0.372. The van der Waals surface area contributed by atoms with Crippen molar-refractivity contribution in [2.75, 3.05) is 38.3 Å². The third-order valence-corrected chi connectivity index (χ3v) is 8.29. The molecule has 0 N–H and O–H groups in total. The lowest BCUT2D eigenvalue weighted by atomic mass is 9.93. The molecule has 2 saturated heterocycles.